The van der Waals surface area contributed by atoms with E-state index in [0.717, 1.165) is 30.5 Å². The van der Waals surface area contributed by atoms with Crippen molar-refractivity contribution in [2.75, 3.05) is 19.7 Å². The van der Waals surface area contributed by atoms with Gasteiger partial charge < -0.3 is 15.2 Å². The topological polar surface area (TPSA) is 78.9 Å². The molecule has 0 spiro atoms. The van der Waals surface area contributed by atoms with Gasteiger partial charge in [-0.15, -0.1) is 0 Å². The van der Waals surface area contributed by atoms with Gasteiger partial charge in [0.25, 0.3) is 5.91 Å². The van der Waals surface area contributed by atoms with E-state index in [1.807, 2.05) is 0 Å². The van der Waals surface area contributed by atoms with Gasteiger partial charge in [0.15, 0.2) is 0 Å². The van der Waals surface area contributed by atoms with Crippen LogP contribution in [-0.2, 0) is 27.0 Å². The summed E-state index contributed by atoms with van der Waals surface area (Å²) in [7, 11) is 0. The molecular weight excluding hydrogens is 535 g/mol. The van der Waals surface area contributed by atoms with Crippen LogP contribution in [0.2, 0.25) is 0 Å². The fourth-order valence-electron chi connectivity index (χ4n) is 6.22. The van der Waals surface area contributed by atoms with Crippen LogP contribution in [0.5, 0.6) is 0 Å². The summed E-state index contributed by atoms with van der Waals surface area (Å²) in [6.45, 7) is 0.881. The number of alkyl halides is 3. The molecule has 0 bridgehead atoms. The summed E-state index contributed by atoms with van der Waals surface area (Å²) >= 11 is 0. The predicted octanol–water partition coefficient (Wildman–Crippen LogP) is 5.12. The fraction of sp³-hybridized carbons (Fsp3) is 0.517. The SMILES string of the molecule is O=C(O)C1CN([C@@H]2CC[C@@](C(=O)NCc3cc(F)cc(C(F)(F)F)c3)(C3CC3)OC2)CC[C@@H]1c1ccc(F)cc1. The van der Waals surface area contributed by atoms with Gasteiger partial charge in [0, 0.05) is 19.1 Å². The number of carboxylic acids is 1. The number of ether oxygens (including phenoxy) is 1. The lowest BCUT2D eigenvalue weighted by Gasteiger charge is -2.46. The average molecular weight is 567 g/mol. The van der Waals surface area contributed by atoms with Crippen LogP contribution < -0.4 is 5.32 Å². The molecule has 5 rings (SSSR count). The van der Waals surface area contributed by atoms with Crippen LogP contribution >= 0.6 is 0 Å². The highest BCUT2D eigenvalue weighted by Crippen LogP contribution is 2.47. The standard InChI is InChI=1S/C29H31F5N2O4/c30-21-5-1-18(2-6-21)24-8-10-36(15-25(24)26(37)38)23-7-9-28(40-16-23,19-3-4-19)27(39)35-14-17-11-20(29(32,33)34)13-22(31)12-17/h1-2,5-6,11-13,19,23-25H,3-4,7-10,14-16H2,(H,35,39)(H,37,38)/t23-,24-,25?,28+/m1/s1. The molecule has 2 saturated heterocycles. The summed E-state index contributed by atoms with van der Waals surface area (Å²) in [6.07, 6.45) is -1.55. The molecule has 6 nitrogen and oxygen atoms in total. The molecule has 2 aromatic carbocycles. The quantitative estimate of drug-likeness (QED) is 0.455. The van der Waals surface area contributed by atoms with Gasteiger partial charge >= 0.3 is 12.1 Å². The lowest BCUT2D eigenvalue weighted by molar-refractivity contribution is -0.166. The third kappa shape index (κ3) is 6.00. The van der Waals surface area contributed by atoms with Crippen molar-refractivity contribution in [1.29, 1.82) is 0 Å². The minimum Gasteiger partial charge on any atom is -0.481 e. The molecule has 0 aromatic heterocycles. The van der Waals surface area contributed by atoms with Crippen LogP contribution in [0.15, 0.2) is 42.5 Å². The molecule has 1 saturated carbocycles. The van der Waals surface area contributed by atoms with Crippen molar-refractivity contribution >= 4 is 11.9 Å². The number of rotatable bonds is 7. The van der Waals surface area contributed by atoms with Gasteiger partial charge in [-0.25, -0.2) is 8.78 Å². The van der Waals surface area contributed by atoms with Gasteiger partial charge in [-0.1, -0.05) is 12.1 Å². The van der Waals surface area contributed by atoms with Crippen LogP contribution in [0.1, 0.15) is 54.7 Å². The van der Waals surface area contributed by atoms with Gasteiger partial charge in [-0.3, -0.25) is 14.5 Å². The third-order valence-electron chi connectivity index (χ3n) is 8.52. The molecule has 1 amide bonds. The Hall–Kier alpha value is -3.05. The molecular formula is C29H31F5N2O4. The first kappa shape index (κ1) is 28.5. The molecule has 11 heteroatoms. The summed E-state index contributed by atoms with van der Waals surface area (Å²) in [5.74, 6) is -3.68. The van der Waals surface area contributed by atoms with Crippen LogP contribution in [0.25, 0.3) is 0 Å². The van der Waals surface area contributed by atoms with E-state index < -0.39 is 41.0 Å². The van der Waals surface area contributed by atoms with Crippen LogP contribution in [0.3, 0.4) is 0 Å². The summed E-state index contributed by atoms with van der Waals surface area (Å²) in [4.78, 5) is 27.5. The Morgan fingerprint density at radius 2 is 1.75 bits per heavy atom. The zero-order valence-corrected chi connectivity index (χ0v) is 21.7. The maximum Gasteiger partial charge on any atom is 0.416 e. The number of likely N-dealkylation sites (tertiary alicyclic amines) is 1. The Balaban J connectivity index is 1.22. The third-order valence-corrected chi connectivity index (χ3v) is 8.52. The second kappa shape index (κ2) is 11.1. The molecule has 0 radical (unpaired) electrons. The minimum absolute atomic E-state index is 0.00375. The van der Waals surface area contributed by atoms with E-state index in [1.54, 1.807) is 12.1 Å². The van der Waals surface area contributed by atoms with E-state index in [1.165, 1.54) is 12.1 Å². The molecule has 1 aliphatic carbocycles. The molecule has 216 valence electrons. The highest BCUT2D eigenvalue weighted by Gasteiger charge is 2.54. The number of nitrogens with one attached hydrogen (secondary N) is 1. The predicted molar refractivity (Wildman–Crippen MR) is 134 cm³/mol. The van der Waals surface area contributed by atoms with Gasteiger partial charge in [0.05, 0.1) is 18.1 Å². The number of hydrogen-bond donors (Lipinski definition) is 2. The fourth-order valence-corrected chi connectivity index (χ4v) is 6.22. The molecule has 2 N–H and O–H groups in total. The molecule has 3 aliphatic rings. The van der Waals surface area contributed by atoms with Crippen LogP contribution in [-0.4, -0.2) is 53.2 Å². The summed E-state index contributed by atoms with van der Waals surface area (Å²) < 4.78 is 72.6. The number of amides is 1. The lowest BCUT2D eigenvalue weighted by Crippen LogP contribution is -2.58. The zero-order chi connectivity index (χ0) is 28.7. The molecule has 4 atom stereocenters. The van der Waals surface area contributed by atoms with Crippen LogP contribution in [0, 0.1) is 23.5 Å². The van der Waals surface area contributed by atoms with Crippen molar-refractivity contribution in [2.45, 2.75) is 62.4 Å². The Labute approximate surface area is 228 Å². The average Bonchev–Trinajstić information content (AvgIpc) is 3.77. The molecule has 2 heterocycles. The Bertz CT molecular complexity index is 1240. The van der Waals surface area contributed by atoms with Gasteiger partial charge in [0.2, 0.25) is 0 Å². The molecule has 2 aromatic rings. The van der Waals surface area contributed by atoms with Crippen molar-refractivity contribution in [3.8, 4) is 0 Å². The summed E-state index contributed by atoms with van der Waals surface area (Å²) in [5.41, 5.74) is -1.44. The smallest absolute Gasteiger partial charge is 0.416 e. The zero-order valence-electron chi connectivity index (χ0n) is 21.7. The second-order valence-electron chi connectivity index (χ2n) is 11.1. The Morgan fingerprint density at radius 3 is 2.35 bits per heavy atom. The first-order chi connectivity index (χ1) is 19.0. The second-order valence-corrected chi connectivity index (χ2v) is 11.1. The Morgan fingerprint density at radius 1 is 1.02 bits per heavy atom. The first-order valence-corrected chi connectivity index (χ1v) is 13.5. The normalized spacial score (nSPS) is 27.8. The summed E-state index contributed by atoms with van der Waals surface area (Å²) in [5, 5.41) is 12.6. The highest BCUT2D eigenvalue weighted by atomic mass is 19.4. The molecule has 40 heavy (non-hydrogen) atoms. The number of carboxylic acid groups (broad SMARTS) is 1. The maximum absolute atomic E-state index is 13.8. The number of piperidine rings is 1. The number of hydrogen-bond acceptors (Lipinski definition) is 4. The monoisotopic (exact) mass is 566 g/mol. The van der Waals surface area contributed by atoms with E-state index in [9.17, 15) is 36.6 Å². The number of carbonyl (C=O) groups is 2. The minimum atomic E-state index is -4.70. The first-order valence-electron chi connectivity index (χ1n) is 13.5. The van der Waals surface area contributed by atoms with Crippen molar-refractivity contribution in [3.05, 3.63) is 70.8 Å². The van der Waals surface area contributed by atoms with Crippen molar-refractivity contribution < 1.29 is 41.4 Å². The van der Waals surface area contributed by atoms with E-state index in [-0.39, 0.29) is 42.4 Å². The van der Waals surface area contributed by atoms with Gasteiger partial charge in [-0.2, -0.15) is 13.2 Å². The van der Waals surface area contributed by atoms with Crippen molar-refractivity contribution in [1.82, 2.24) is 10.2 Å². The lowest BCUT2D eigenvalue weighted by atomic mass is 9.79. The number of halogens is 5. The largest absolute Gasteiger partial charge is 0.481 e. The van der Waals surface area contributed by atoms with Gasteiger partial charge in [0.1, 0.15) is 17.2 Å². The number of aliphatic carboxylic acids is 1. The highest BCUT2D eigenvalue weighted by molar-refractivity contribution is 5.86. The van der Waals surface area contributed by atoms with Gasteiger partial charge in [-0.05, 0) is 91.9 Å². The molecule has 1 unspecified atom stereocenters. The number of benzene rings is 2. The van der Waals surface area contributed by atoms with E-state index >= 15 is 0 Å². The van der Waals surface area contributed by atoms with Crippen LogP contribution in [0.4, 0.5) is 22.0 Å². The van der Waals surface area contributed by atoms with E-state index in [4.69, 9.17) is 4.74 Å². The summed E-state index contributed by atoms with van der Waals surface area (Å²) in [6, 6.07) is 8.04. The Kier molecular flexibility index (Phi) is 7.89. The number of carbonyl (C=O) groups excluding carboxylic acids is 1. The molecule has 2 aliphatic heterocycles. The van der Waals surface area contributed by atoms with E-state index in [2.05, 4.69) is 10.2 Å². The molecule has 3 fully saturated rings. The maximum atomic E-state index is 13.8. The van der Waals surface area contributed by atoms with Crippen molar-refractivity contribution in [2.24, 2.45) is 11.8 Å². The number of nitrogens with zero attached hydrogens (tertiary/aromatic N) is 1. The van der Waals surface area contributed by atoms with E-state index in [0.29, 0.717) is 38.4 Å². The van der Waals surface area contributed by atoms with Crippen molar-refractivity contribution in [3.63, 3.8) is 0 Å².